The fraction of sp³-hybridized carbons (Fsp3) is 0.500. The van der Waals surface area contributed by atoms with Gasteiger partial charge in [0.1, 0.15) is 5.82 Å². The van der Waals surface area contributed by atoms with Crippen molar-refractivity contribution in [3.63, 3.8) is 0 Å². The van der Waals surface area contributed by atoms with Crippen molar-refractivity contribution in [1.29, 1.82) is 0 Å². The molecular formula is C12H16F2N2O2. The second-order valence-corrected chi connectivity index (χ2v) is 4.10. The predicted molar refractivity (Wildman–Crippen MR) is 65.6 cm³/mol. The van der Waals surface area contributed by atoms with Gasteiger partial charge >= 0.3 is 5.69 Å². The first-order valence-electron chi connectivity index (χ1n) is 5.86. The molecule has 0 aliphatic rings. The smallest absolute Gasteiger partial charge is 0.307 e. The largest absolute Gasteiger partial charge is 0.382 e. The monoisotopic (exact) mass is 258 g/mol. The number of hydrogen-bond acceptors (Lipinski definition) is 3. The summed E-state index contributed by atoms with van der Waals surface area (Å²) < 4.78 is 26.5. The zero-order valence-corrected chi connectivity index (χ0v) is 10.4. The van der Waals surface area contributed by atoms with Crippen LogP contribution in [0.4, 0.5) is 20.2 Å². The van der Waals surface area contributed by atoms with E-state index in [9.17, 15) is 18.9 Å². The maximum absolute atomic E-state index is 13.4. The summed E-state index contributed by atoms with van der Waals surface area (Å²) in [5, 5.41) is 13.3. The van der Waals surface area contributed by atoms with Crippen LogP contribution < -0.4 is 5.32 Å². The van der Waals surface area contributed by atoms with Crippen molar-refractivity contribution < 1.29 is 13.7 Å². The van der Waals surface area contributed by atoms with E-state index in [1.54, 1.807) is 0 Å². The lowest BCUT2D eigenvalue weighted by molar-refractivity contribution is -0.387. The van der Waals surface area contributed by atoms with Gasteiger partial charge in [0.05, 0.1) is 10.6 Å². The molecule has 1 rings (SSSR count). The third-order valence-corrected chi connectivity index (χ3v) is 2.97. The van der Waals surface area contributed by atoms with Crippen LogP contribution in [0.3, 0.4) is 0 Å². The van der Waals surface area contributed by atoms with Crippen LogP contribution in [0.1, 0.15) is 26.7 Å². The number of nitro groups is 1. The first-order valence-corrected chi connectivity index (χ1v) is 5.86. The summed E-state index contributed by atoms with van der Waals surface area (Å²) in [6.07, 6.45) is 1.85. The Morgan fingerprint density at radius 2 is 1.89 bits per heavy atom. The van der Waals surface area contributed by atoms with E-state index < -0.39 is 22.2 Å². The van der Waals surface area contributed by atoms with Gasteiger partial charge < -0.3 is 5.32 Å². The summed E-state index contributed by atoms with van der Waals surface area (Å²) in [6.45, 7) is 4.53. The minimum absolute atomic E-state index is 0.0324. The molecule has 1 N–H and O–H groups in total. The van der Waals surface area contributed by atoms with Gasteiger partial charge in [-0.2, -0.15) is 4.39 Å². The molecule has 0 saturated heterocycles. The maximum atomic E-state index is 13.4. The highest BCUT2D eigenvalue weighted by Crippen LogP contribution is 2.25. The number of halogens is 2. The van der Waals surface area contributed by atoms with Gasteiger partial charge in [-0.25, -0.2) is 4.39 Å². The fourth-order valence-corrected chi connectivity index (χ4v) is 1.64. The molecule has 0 saturated carbocycles. The lowest BCUT2D eigenvalue weighted by Gasteiger charge is -2.14. The van der Waals surface area contributed by atoms with Crippen molar-refractivity contribution in [3.05, 3.63) is 33.9 Å². The number of hydrogen-bond donors (Lipinski definition) is 1. The van der Waals surface area contributed by atoms with Crippen molar-refractivity contribution in [2.24, 2.45) is 5.92 Å². The normalized spacial score (nSPS) is 10.7. The van der Waals surface area contributed by atoms with E-state index in [-0.39, 0.29) is 5.69 Å². The average molecular weight is 258 g/mol. The van der Waals surface area contributed by atoms with Crippen LogP contribution in [0.15, 0.2) is 12.1 Å². The van der Waals surface area contributed by atoms with Gasteiger partial charge in [0.25, 0.3) is 0 Å². The first kappa shape index (κ1) is 14.3. The molecule has 1 aromatic rings. The standard InChI is InChI=1S/C12H16F2N2O2/c1-3-8(4-2)7-15-11-6-12(16(17)18)10(14)5-9(11)13/h5-6,8,15H,3-4,7H2,1-2H3. The van der Waals surface area contributed by atoms with E-state index >= 15 is 0 Å². The van der Waals surface area contributed by atoms with Gasteiger partial charge in [-0.15, -0.1) is 0 Å². The van der Waals surface area contributed by atoms with Crippen LogP contribution in [0, 0.1) is 27.7 Å². The molecular weight excluding hydrogens is 242 g/mol. The van der Waals surface area contributed by atoms with Crippen molar-refractivity contribution in [2.75, 3.05) is 11.9 Å². The minimum atomic E-state index is -1.16. The van der Waals surface area contributed by atoms with E-state index in [4.69, 9.17) is 0 Å². The van der Waals surface area contributed by atoms with E-state index in [2.05, 4.69) is 5.32 Å². The predicted octanol–water partition coefficient (Wildman–Crippen LogP) is 3.72. The van der Waals surface area contributed by atoms with Crippen molar-refractivity contribution >= 4 is 11.4 Å². The van der Waals surface area contributed by atoms with Gasteiger partial charge in [-0.05, 0) is 5.92 Å². The van der Waals surface area contributed by atoms with E-state index in [1.807, 2.05) is 13.8 Å². The molecule has 0 aromatic heterocycles. The third kappa shape index (κ3) is 3.38. The summed E-state index contributed by atoms with van der Waals surface area (Å²) in [7, 11) is 0. The van der Waals surface area contributed by atoms with E-state index in [0.29, 0.717) is 18.5 Å². The van der Waals surface area contributed by atoms with Gasteiger partial charge in [0.15, 0.2) is 0 Å². The van der Waals surface area contributed by atoms with Crippen molar-refractivity contribution in [2.45, 2.75) is 26.7 Å². The van der Waals surface area contributed by atoms with Gasteiger partial charge in [-0.1, -0.05) is 26.7 Å². The second kappa shape index (κ2) is 6.28. The van der Waals surface area contributed by atoms with Crippen LogP contribution in [0.5, 0.6) is 0 Å². The highest BCUT2D eigenvalue weighted by Gasteiger charge is 2.18. The Morgan fingerprint density at radius 1 is 1.28 bits per heavy atom. The number of nitrogens with zero attached hydrogens (tertiary/aromatic N) is 1. The molecule has 0 spiro atoms. The number of benzene rings is 1. The quantitative estimate of drug-likeness (QED) is 0.625. The Hall–Kier alpha value is -1.72. The van der Waals surface area contributed by atoms with Gasteiger partial charge in [0.2, 0.25) is 5.82 Å². The first-order chi connectivity index (χ1) is 8.49. The van der Waals surface area contributed by atoms with Crippen molar-refractivity contribution in [3.8, 4) is 0 Å². The fourth-order valence-electron chi connectivity index (χ4n) is 1.64. The summed E-state index contributed by atoms with van der Waals surface area (Å²) >= 11 is 0. The summed E-state index contributed by atoms with van der Waals surface area (Å²) in [4.78, 5) is 9.69. The lowest BCUT2D eigenvalue weighted by atomic mass is 10.0. The molecule has 0 radical (unpaired) electrons. The van der Waals surface area contributed by atoms with Crippen LogP contribution in [0.2, 0.25) is 0 Å². The molecule has 18 heavy (non-hydrogen) atoms. The van der Waals surface area contributed by atoms with E-state index in [0.717, 1.165) is 18.9 Å². The zero-order chi connectivity index (χ0) is 13.7. The van der Waals surface area contributed by atoms with Crippen molar-refractivity contribution in [1.82, 2.24) is 0 Å². The van der Waals surface area contributed by atoms with Gasteiger partial charge in [0, 0.05) is 18.7 Å². The Morgan fingerprint density at radius 3 is 2.39 bits per heavy atom. The molecule has 4 nitrogen and oxygen atoms in total. The number of nitro benzene ring substituents is 1. The third-order valence-electron chi connectivity index (χ3n) is 2.97. The average Bonchev–Trinajstić information content (AvgIpc) is 2.32. The van der Waals surface area contributed by atoms with Crippen LogP contribution in [0.25, 0.3) is 0 Å². The minimum Gasteiger partial charge on any atom is -0.382 e. The Kier molecular flexibility index (Phi) is 5.00. The van der Waals surface area contributed by atoms with Crippen LogP contribution in [-0.4, -0.2) is 11.5 Å². The number of anilines is 1. The summed E-state index contributed by atoms with van der Waals surface area (Å²) in [6, 6.07) is 1.43. The molecule has 0 amide bonds. The number of rotatable bonds is 6. The molecule has 100 valence electrons. The summed E-state index contributed by atoms with van der Waals surface area (Å²) in [5.74, 6) is -1.62. The van der Waals surface area contributed by atoms with Gasteiger partial charge in [-0.3, -0.25) is 10.1 Å². The maximum Gasteiger partial charge on any atom is 0.307 e. The molecule has 0 heterocycles. The Bertz CT molecular complexity index is 434. The number of nitrogens with one attached hydrogen (secondary N) is 1. The molecule has 0 atom stereocenters. The SMILES string of the molecule is CCC(CC)CNc1cc([N+](=O)[O-])c(F)cc1F. The molecule has 6 heteroatoms. The highest BCUT2D eigenvalue weighted by atomic mass is 19.1. The second-order valence-electron chi connectivity index (χ2n) is 4.10. The molecule has 0 unspecified atom stereocenters. The molecule has 0 bridgehead atoms. The lowest BCUT2D eigenvalue weighted by Crippen LogP contribution is -2.14. The highest BCUT2D eigenvalue weighted by molar-refractivity contribution is 5.53. The molecule has 0 fully saturated rings. The molecule has 0 aliphatic carbocycles. The Labute approximate surface area is 104 Å². The summed E-state index contributed by atoms with van der Waals surface area (Å²) in [5.41, 5.74) is -0.751. The topological polar surface area (TPSA) is 55.2 Å². The zero-order valence-electron chi connectivity index (χ0n) is 10.4. The Balaban J connectivity index is 2.88. The van der Waals surface area contributed by atoms with Crippen LogP contribution >= 0.6 is 0 Å². The molecule has 0 aliphatic heterocycles. The van der Waals surface area contributed by atoms with Crippen LogP contribution in [-0.2, 0) is 0 Å². The molecule has 1 aromatic carbocycles. The van der Waals surface area contributed by atoms with E-state index in [1.165, 1.54) is 0 Å².